The minimum absolute atomic E-state index is 0.152. The number of nitrogens with zero attached hydrogens (tertiary/aromatic N) is 4. The van der Waals surface area contributed by atoms with Crippen molar-refractivity contribution in [2.75, 3.05) is 0 Å². The lowest BCUT2D eigenvalue weighted by Crippen LogP contribution is -2.24. The molecule has 0 fully saturated rings. The zero-order valence-corrected chi connectivity index (χ0v) is 13.4. The maximum atomic E-state index is 12.4. The highest BCUT2D eigenvalue weighted by molar-refractivity contribution is 5.97. The summed E-state index contributed by atoms with van der Waals surface area (Å²) in [6.07, 6.45) is 1.85. The summed E-state index contributed by atoms with van der Waals surface area (Å²) >= 11 is 0. The van der Waals surface area contributed by atoms with Gasteiger partial charge in [0.1, 0.15) is 0 Å². The van der Waals surface area contributed by atoms with Gasteiger partial charge in [-0.2, -0.15) is 0 Å². The molecule has 2 N–H and O–H groups in total. The van der Waals surface area contributed by atoms with E-state index in [0.717, 1.165) is 22.3 Å². The number of rotatable bonds is 3. The summed E-state index contributed by atoms with van der Waals surface area (Å²) in [5, 5.41) is 12.2. The van der Waals surface area contributed by atoms with E-state index in [1.165, 1.54) is 0 Å². The quantitative estimate of drug-likeness (QED) is 0.605. The van der Waals surface area contributed by atoms with Gasteiger partial charge in [-0.05, 0) is 43.5 Å². The molecule has 0 unspecified atom stereocenters. The molecular weight excluding hydrogens is 304 g/mol. The number of fused-ring (bicyclic) bond motifs is 2. The molecule has 0 bridgehead atoms. The molecule has 0 atom stereocenters. The number of hydrogen-bond donors (Lipinski definition) is 2. The Bertz CT molecular complexity index is 1060. The second-order valence-corrected chi connectivity index (χ2v) is 5.75. The summed E-state index contributed by atoms with van der Waals surface area (Å²) in [5.74, 6) is 1.05. The number of H-pyrrole nitrogens is 1. The van der Waals surface area contributed by atoms with E-state index in [1.54, 1.807) is 0 Å². The smallest absolute Gasteiger partial charge is 0.255 e. The van der Waals surface area contributed by atoms with E-state index in [0.29, 0.717) is 17.2 Å². The predicted octanol–water partition coefficient (Wildman–Crippen LogP) is 2.15. The number of hydrogen-bond acceptors (Lipinski definition) is 4. The third-order valence-electron chi connectivity index (χ3n) is 3.98. The lowest BCUT2D eigenvalue weighted by atomic mass is 10.1. The van der Waals surface area contributed by atoms with Gasteiger partial charge in [-0.1, -0.05) is 6.07 Å². The molecule has 0 aliphatic heterocycles. The van der Waals surface area contributed by atoms with Crippen LogP contribution in [0, 0.1) is 13.8 Å². The Kier molecular flexibility index (Phi) is 3.26. The molecule has 7 heteroatoms. The monoisotopic (exact) mass is 320 g/mol. The molecule has 0 saturated heterocycles. The number of aromatic amines is 1. The molecule has 1 amide bonds. The van der Waals surface area contributed by atoms with Gasteiger partial charge in [0.25, 0.3) is 11.7 Å². The number of aryl methyl sites for hydroxylation is 2. The second kappa shape index (κ2) is 5.45. The van der Waals surface area contributed by atoms with Crippen LogP contribution in [0.3, 0.4) is 0 Å². The van der Waals surface area contributed by atoms with Crippen LogP contribution in [-0.4, -0.2) is 30.5 Å². The highest BCUT2D eigenvalue weighted by Gasteiger charge is 2.12. The topological polar surface area (TPSA) is 88.0 Å². The average Bonchev–Trinajstić information content (AvgIpc) is 3.18. The molecule has 1 aromatic carbocycles. The van der Waals surface area contributed by atoms with Gasteiger partial charge in [-0.15, -0.1) is 10.2 Å². The van der Waals surface area contributed by atoms with Gasteiger partial charge in [0.05, 0.1) is 6.54 Å². The molecule has 120 valence electrons. The van der Waals surface area contributed by atoms with Crippen molar-refractivity contribution in [2.24, 2.45) is 0 Å². The van der Waals surface area contributed by atoms with Crippen molar-refractivity contribution in [2.45, 2.75) is 20.4 Å². The third-order valence-corrected chi connectivity index (χ3v) is 3.98. The maximum absolute atomic E-state index is 12.4. The Morgan fingerprint density at radius 2 is 2.08 bits per heavy atom. The lowest BCUT2D eigenvalue weighted by Gasteiger charge is -2.06. The summed E-state index contributed by atoms with van der Waals surface area (Å²) in [6.45, 7) is 4.17. The van der Waals surface area contributed by atoms with Crippen LogP contribution >= 0.6 is 0 Å². The molecule has 0 radical (unpaired) electrons. The molecule has 4 aromatic rings. The first-order valence-corrected chi connectivity index (χ1v) is 7.65. The van der Waals surface area contributed by atoms with Crippen molar-refractivity contribution >= 4 is 22.6 Å². The Labute approximate surface area is 137 Å². The fourth-order valence-electron chi connectivity index (χ4n) is 2.86. The molecule has 7 nitrogen and oxygen atoms in total. The molecule has 24 heavy (non-hydrogen) atoms. The fourth-order valence-corrected chi connectivity index (χ4v) is 2.86. The van der Waals surface area contributed by atoms with E-state index in [9.17, 15) is 4.79 Å². The van der Waals surface area contributed by atoms with Crippen LogP contribution in [0.2, 0.25) is 0 Å². The summed E-state index contributed by atoms with van der Waals surface area (Å²) in [4.78, 5) is 19.8. The van der Waals surface area contributed by atoms with Crippen molar-refractivity contribution < 1.29 is 4.79 Å². The van der Waals surface area contributed by atoms with Gasteiger partial charge in [0.15, 0.2) is 5.82 Å². The summed E-state index contributed by atoms with van der Waals surface area (Å²) in [7, 11) is 0. The summed E-state index contributed by atoms with van der Waals surface area (Å²) in [5.41, 5.74) is 3.41. The molecule has 0 saturated carbocycles. The predicted molar refractivity (Wildman–Crippen MR) is 89.7 cm³/mol. The van der Waals surface area contributed by atoms with Gasteiger partial charge < -0.3 is 10.3 Å². The van der Waals surface area contributed by atoms with Crippen molar-refractivity contribution in [1.82, 2.24) is 29.9 Å². The highest BCUT2D eigenvalue weighted by atomic mass is 16.1. The molecule has 4 rings (SSSR count). The van der Waals surface area contributed by atoms with Gasteiger partial charge in [0, 0.05) is 28.7 Å². The Morgan fingerprint density at radius 3 is 2.96 bits per heavy atom. The zero-order valence-electron chi connectivity index (χ0n) is 13.4. The van der Waals surface area contributed by atoms with Gasteiger partial charge in [0.2, 0.25) is 0 Å². The van der Waals surface area contributed by atoms with E-state index < -0.39 is 0 Å². The Hall–Kier alpha value is -3.22. The van der Waals surface area contributed by atoms with Gasteiger partial charge >= 0.3 is 0 Å². The maximum Gasteiger partial charge on any atom is 0.255 e. The minimum atomic E-state index is -0.152. The van der Waals surface area contributed by atoms with Gasteiger partial charge in [-0.25, -0.2) is 4.98 Å². The molecular formula is C17H16N6O. The number of amides is 1. The van der Waals surface area contributed by atoms with Crippen LogP contribution in [-0.2, 0) is 6.54 Å². The number of nitrogens with one attached hydrogen (secondary N) is 2. The molecule has 3 heterocycles. The van der Waals surface area contributed by atoms with Crippen molar-refractivity contribution in [3.8, 4) is 0 Å². The lowest BCUT2D eigenvalue weighted by molar-refractivity contribution is 0.0950. The van der Waals surface area contributed by atoms with Crippen molar-refractivity contribution in [3.05, 3.63) is 59.3 Å². The number of aromatic nitrogens is 5. The number of carbonyl (C=O) groups is 1. The minimum Gasteiger partial charge on any atom is -0.361 e. The normalized spacial score (nSPS) is 11.2. The zero-order chi connectivity index (χ0) is 16.7. The SMILES string of the molecule is Cc1cc(C)n2c(CNC(=O)c3ccc4cc[nH]c4c3)nnc2n1. The fraction of sp³-hybridized carbons (Fsp3) is 0.176. The molecule has 0 spiro atoms. The standard InChI is InChI=1S/C17H16N6O/c1-10-7-11(2)23-15(21-22-17(23)20-10)9-19-16(24)13-4-3-12-5-6-18-14(12)8-13/h3-8,18H,9H2,1-2H3,(H,19,24). The summed E-state index contributed by atoms with van der Waals surface area (Å²) in [6, 6.07) is 9.49. The largest absolute Gasteiger partial charge is 0.361 e. The summed E-state index contributed by atoms with van der Waals surface area (Å²) < 4.78 is 1.85. The molecule has 3 aromatic heterocycles. The van der Waals surface area contributed by atoms with E-state index in [-0.39, 0.29) is 12.5 Å². The van der Waals surface area contributed by atoms with Crippen molar-refractivity contribution in [3.63, 3.8) is 0 Å². The molecule has 0 aliphatic rings. The van der Waals surface area contributed by atoms with E-state index in [2.05, 4.69) is 25.5 Å². The van der Waals surface area contributed by atoms with Crippen LogP contribution in [0.15, 0.2) is 36.5 Å². The van der Waals surface area contributed by atoms with Crippen LogP contribution in [0.25, 0.3) is 16.7 Å². The molecule has 0 aliphatic carbocycles. The highest BCUT2D eigenvalue weighted by Crippen LogP contribution is 2.14. The average molecular weight is 320 g/mol. The number of carbonyl (C=O) groups excluding carboxylic acids is 1. The van der Waals surface area contributed by atoms with Crippen LogP contribution in [0.4, 0.5) is 0 Å². The van der Waals surface area contributed by atoms with E-state index in [1.807, 2.05) is 54.8 Å². The Balaban J connectivity index is 1.57. The van der Waals surface area contributed by atoms with Crippen LogP contribution in [0.1, 0.15) is 27.6 Å². The Morgan fingerprint density at radius 1 is 1.21 bits per heavy atom. The van der Waals surface area contributed by atoms with Crippen molar-refractivity contribution in [1.29, 1.82) is 0 Å². The van der Waals surface area contributed by atoms with E-state index >= 15 is 0 Å². The number of benzene rings is 1. The van der Waals surface area contributed by atoms with Crippen LogP contribution < -0.4 is 5.32 Å². The first-order chi connectivity index (χ1) is 11.6. The first kappa shape index (κ1) is 14.4. The third kappa shape index (κ3) is 2.40. The van der Waals surface area contributed by atoms with E-state index in [4.69, 9.17) is 0 Å². The van der Waals surface area contributed by atoms with Gasteiger partial charge in [-0.3, -0.25) is 9.20 Å². The first-order valence-electron chi connectivity index (χ1n) is 7.65. The van der Waals surface area contributed by atoms with Crippen LogP contribution in [0.5, 0.6) is 0 Å². The second-order valence-electron chi connectivity index (χ2n) is 5.75.